The van der Waals surface area contributed by atoms with E-state index >= 15 is 0 Å². The Hall–Kier alpha value is -2.11. The lowest BCUT2D eigenvalue weighted by atomic mass is 10.1. The number of para-hydroxylation sites is 1. The standard InChI is InChI=1S/C13H18N2O4/c1-3-6-9(4-2)14-12-10(13(16)17)7-5-8-11(12)15(18)19/h5,7-9,14H,3-4,6H2,1-2H3,(H,16,17). The summed E-state index contributed by atoms with van der Waals surface area (Å²) >= 11 is 0. The highest BCUT2D eigenvalue weighted by atomic mass is 16.6. The van der Waals surface area contributed by atoms with Gasteiger partial charge in [0.2, 0.25) is 0 Å². The maximum atomic E-state index is 11.2. The summed E-state index contributed by atoms with van der Waals surface area (Å²) in [7, 11) is 0. The Kier molecular flexibility index (Phi) is 5.29. The highest BCUT2D eigenvalue weighted by molar-refractivity contribution is 5.96. The SMILES string of the molecule is CCCC(CC)Nc1c(C(=O)O)cccc1[N+](=O)[O-]. The summed E-state index contributed by atoms with van der Waals surface area (Å²) in [5.74, 6) is -1.17. The van der Waals surface area contributed by atoms with Crippen LogP contribution in [0.3, 0.4) is 0 Å². The zero-order valence-electron chi connectivity index (χ0n) is 11.0. The highest BCUT2D eigenvalue weighted by Crippen LogP contribution is 2.29. The van der Waals surface area contributed by atoms with Gasteiger partial charge in [0.25, 0.3) is 5.69 Å². The molecule has 0 aliphatic rings. The Morgan fingerprint density at radius 3 is 2.63 bits per heavy atom. The molecule has 6 nitrogen and oxygen atoms in total. The first-order chi connectivity index (χ1) is 9.01. The number of nitrogens with zero attached hydrogens (tertiary/aromatic N) is 1. The van der Waals surface area contributed by atoms with E-state index in [4.69, 9.17) is 5.11 Å². The van der Waals surface area contributed by atoms with Gasteiger partial charge in [0.1, 0.15) is 5.69 Å². The Labute approximate surface area is 111 Å². The Morgan fingerprint density at radius 2 is 2.16 bits per heavy atom. The normalized spacial score (nSPS) is 11.9. The topological polar surface area (TPSA) is 92.5 Å². The van der Waals surface area contributed by atoms with Crippen molar-refractivity contribution < 1.29 is 14.8 Å². The second-order valence-corrected chi connectivity index (χ2v) is 4.30. The molecule has 1 aromatic carbocycles. The monoisotopic (exact) mass is 266 g/mol. The van der Waals surface area contributed by atoms with E-state index in [1.807, 2.05) is 13.8 Å². The van der Waals surface area contributed by atoms with Crippen molar-refractivity contribution in [2.75, 3.05) is 5.32 Å². The summed E-state index contributed by atoms with van der Waals surface area (Å²) in [6.07, 6.45) is 2.54. The number of carbonyl (C=O) groups is 1. The van der Waals surface area contributed by atoms with Crippen molar-refractivity contribution in [2.45, 2.75) is 39.2 Å². The average Bonchev–Trinajstić information content (AvgIpc) is 2.37. The number of hydrogen-bond acceptors (Lipinski definition) is 4. The fraction of sp³-hybridized carbons (Fsp3) is 0.462. The van der Waals surface area contributed by atoms with Crippen LogP contribution in [0.2, 0.25) is 0 Å². The highest BCUT2D eigenvalue weighted by Gasteiger charge is 2.22. The van der Waals surface area contributed by atoms with Crippen LogP contribution >= 0.6 is 0 Å². The molecule has 0 bridgehead atoms. The molecule has 0 saturated carbocycles. The van der Waals surface area contributed by atoms with Gasteiger partial charge in [-0.15, -0.1) is 0 Å². The number of benzene rings is 1. The maximum Gasteiger partial charge on any atom is 0.338 e. The van der Waals surface area contributed by atoms with Gasteiger partial charge in [-0.05, 0) is 18.9 Å². The van der Waals surface area contributed by atoms with E-state index < -0.39 is 10.9 Å². The number of nitro groups is 1. The lowest BCUT2D eigenvalue weighted by Crippen LogP contribution is -2.20. The van der Waals surface area contributed by atoms with Gasteiger partial charge in [-0.1, -0.05) is 26.3 Å². The minimum absolute atomic E-state index is 0.0317. The molecule has 0 aliphatic carbocycles. The summed E-state index contributed by atoms with van der Waals surface area (Å²) in [4.78, 5) is 21.6. The summed E-state index contributed by atoms with van der Waals surface area (Å²) < 4.78 is 0. The van der Waals surface area contributed by atoms with Crippen molar-refractivity contribution in [3.8, 4) is 0 Å². The third-order valence-corrected chi connectivity index (χ3v) is 2.95. The van der Waals surface area contributed by atoms with E-state index in [1.54, 1.807) is 0 Å². The van der Waals surface area contributed by atoms with E-state index in [0.717, 1.165) is 19.3 Å². The molecule has 1 aromatic rings. The van der Waals surface area contributed by atoms with Gasteiger partial charge in [0.15, 0.2) is 0 Å². The van der Waals surface area contributed by atoms with Crippen LogP contribution in [-0.4, -0.2) is 22.0 Å². The molecule has 0 heterocycles. The zero-order chi connectivity index (χ0) is 14.4. The molecule has 0 fully saturated rings. The largest absolute Gasteiger partial charge is 0.478 e. The van der Waals surface area contributed by atoms with Gasteiger partial charge in [0.05, 0.1) is 10.5 Å². The lowest BCUT2D eigenvalue weighted by Gasteiger charge is -2.18. The molecular formula is C13H18N2O4. The first kappa shape index (κ1) is 14.9. The van der Waals surface area contributed by atoms with Gasteiger partial charge in [-0.25, -0.2) is 4.79 Å². The Morgan fingerprint density at radius 1 is 1.47 bits per heavy atom. The first-order valence-electron chi connectivity index (χ1n) is 6.28. The summed E-state index contributed by atoms with van der Waals surface area (Å²) in [6, 6.07) is 4.10. The summed E-state index contributed by atoms with van der Waals surface area (Å²) in [5, 5.41) is 23.1. The molecule has 0 radical (unpaired) electrons. The van der Waals surface area contributed by atoms with Crippen molar-refractivity contribution in [1.82, 2.24) is 0 Å². The Balaban J connectivity index is 3.20. The quantitative estimate of drug-likeness (QED) is 0.583. The number of nitro benzene ring substituents is 1. The van der Waals surface area contributed by atoms with Crippen LogP contribution in [0.25, 0.3) is 0 Å². The second-order valence-electron chi connectivity index (χ2n) is 4.30. The third kappa shape index (κ3) is 3.67. The zero-order valence-corrected chi connectivity index (χ0v) is 11.0. The van der Waals surface area contributed by atoms with Crippen LogP contribution in [0.5, 0.6) is 0 Å². The molecule has 0 saturated heterocycles. The van der Waals surface area contributed by atoms with Crippen LogP contribution < -0.4 is 5.32 Å². The summed E-state index contributed by atoms with van der Waals surface area (Å²) in [6.45, 7) is 3.98. The number of hydrogen-bond donors (Lipinski definition) is 2. The number of rotatable bonds is 7. The predicted octanol–water partition coefficient (Wildman–Crippen LogP) is 3.28. The van der Waals surface area contributed by atoms with E-state index in [-0.39, 0.29) is 23.0 Å². The van der Waals surface area contributed by atoms with Crippen molar-refractivity contribution in [2.24, 2.45) is 0 Å². The number of anilines is 1. The molecular weight excluding hydrogens is 248 g/mol. The van der Waals surface area contributed by atoms with Gasteiger partial charge >= 0.3 is 5.97 Å². The molecule has 104 valence electrons. The van der Waals surface area contributed by atoms with Gasteiger partial charge in [-0.3, -0.25) is 10.1 Å². The maximum absolute atomic E-state index is 11.2. The smallest absolute Gasteiger partial charge is 0.338 e. The minimum atomic E-state index is -1.17. The second kappa shape index (κ2) is 6.72. The number of carboxylic acid groups (broad SMARTS) is 1. The molecule has 6 heteroatoms. The van der Waals surface area contributed by atoms with Crippen LogP contribution in [0.1, 0.15) is 43.5 Å². The van der Waals surface area contributed by atoms with Gasteiger partial charge in [0, 0.05) is 12.1 Å². The first-order valence-corrected chi connectivity index (χ1v) is 6.28. The number of aromatic carboxylic acids is 1. The minimum Gasteiger partial charge on any atom is -0.478 e. The molecule has 1 rings (SSSR count). The van der Waals surface area contributed by atoms with E-state index in [1.165, 1.54) is 18.2 Å². The molecule has 0 aliphatic heterocycles. The van der Waals surface area contributed by atoms with Crippen LogP contribution in [0.15, 0.2) is 18.2 Å². The number of carboxylic acids is 1. The van der Waals surface area contributed by atoms with Crippen LogP contribution in [-0.2, 0) is 0 Å². The van der Waals surface area contributed by atoms with E-state index in [0.29, 0.717) is 0 Å². The molecule has 0 spiro atoms. The number of nitrogens with one attached hydrogen (secondary N) is 1. The lowest BCUT2D eigenvalue weighted by molar-refractivity contribution is -0.384. The molecule has 2 N–H and O–H groups in total. The van der Waals surface area contributed by atoms with E-state index in [2.05, 4.69) is 5.32 Å². The molecule has 0 aromatic heterocycles. The fourth-order valence-corrected chi connectivity index (χ4v) is 1.95. The van der Waals surface area contributed by atoms with Crippen molar-refractivity contribution in [1.29, 1.82) is 0 Å². The van der Waals surface area contributed by atoms with Crippen LogP contribution in [0.4, 0.5) is 11.4 Å². The van der Waals surface area contributed by atoms with Gasteiger partial charge in [-0.2, -0.15) is 0 Å². The van der Waals surface area contributed by atoms with E-state index in [9.17, 15) is 14.9 Å². The van der Waals surface area contributed by atoms with Gasteiger partial charge < -0.3 is 10.4 Å². The predicted molar refractivity (Wildman–Crippen MR) is 72.7 cm³/mol. The summed E-state index contributed by atoms with van der Waals surface area (Å²) in [5.41, 5.74) is -0.168. The average molecular weight is 266 g/mol. The molecule has 1 unspecified atom stereocenters. The van der Waals surface area contributed by atoms with Crippen molar-refractivity contribution in [3.05, 3.63) is 33.9 Å². The molecule has 1 atom stereocenters. The Bertz CT molecular complexity index is 441. The fourth-order valence-electron chi connectivity index (χ4n) is 1.95. The van der Waals surface area contributed by atoms with Crippen LogP contribution in [0, 0.1) is 10.1 Å². The van der Waals surface area contributed by atoms with Crippen molar-refractivity contribution in [3.63, 3.8) is 0 Å². The third-order valence-electron chi connectivity index (χ3n) is 2.95. The van der Waals surface area contributed by atoms with Crippen molar-refractivity contribution >= 4 is 17.3 Å². The molecule has 19 heavy (non-hydrogen) atoms. The molecule has 0 amide bonds.